The fourth-order valence-corrected chi connectivity index (χ4v) is 2.50. The van der Waals surface area contributed by atoms with Gasteiger partial charge in [-0.15, -0.1) is 0 Å². The third-order valence-corrected chi connectivity index (χ3v) is 3.77. The number of urea groups is 1. The van der Waals surface area contributed by atoms with Crippen LogP contribution in [0.4, 0.5) is 28.0 Å². The highest BCUT2D eigenvalue weighted by Crippen LogP contribution is 2.32. The Labute approximate surface area is 145 Å². The van der Waals surface area contributed by atoms with E-state index in [0.29, 0.717) is 0 Å². The summed E-state index contributed by atoms with van der Waals surface area (Å²) in [5.41, 5.74) is -0.155. The Kier molecular flexibility index (Phi) is 6.47. The number of hydrogen-bond donors (Lipinski definition) is 2. The maximum absolute atomic E-state index is 12.5. The summed E-state index contributed by atoms with van der Waals surface area (Å²) in [5, 5.41) is 11.3. The molecule has 26 heavy (non-hydrogen) atoms. The molecule has 2 N–H and O–H groups in total. The van der Waals surface area contributed by atoms with Crippen LogP contribution in [0.2, 0.25) is 0 Å². The molecule has 1 aromatic rings. The van der Waals surface area contributed by atoms with Gasteiger partial charge in [0.1, 0.15) is 5.75 Å². The van der Waals surface area contributed by atoms with Crippen molar-refractivity contribution < 1.29 is 41.7 Å². The lowest BCUT2D eigenvalue weighted by Gasteiger charge is -2.30. The van der Waals surface area contributed by atoms with Crippen molar-refractivity contribution in [2.75, 3.05) is 18.4 Å². The molecular weight excluding hydrogens is 364 g/mol. The lowest BCUT2D eigenvalue weighted by atomic mass is 9.97. The predicted molar refractivity (Wildman–Crippen MR) is 80.7 cm³/mol. The van der Waals surface area contributed by atoms with E-state index in [1.807, 2.05) is 0 Å². The van der Waals surface area contributed by atoms with Crippen molar-refractivity contribution in [3.63, 3.8) is 0 Å². The molecule has 0 radical (unpaired) electrons. The van der Waals surface area contributed by atoms with Gasteiger partial charge in [-0.2, -0.15) is 17.6 Å². The van der Waals surface area contributed by atoms with Crippen LogP contribution in [-0.4, -0.2) is 48.3 Å². The van der Waals surface area contributed by atoms with Crippen LogP contribution in [0, 0.1) is 5.92 Å². The number of rotatable bonds is 6. The first-order chi connectivity index (χ1) is 12.3. The summed E-state index contributed by atoms with van der Waals surface area (Å²) < 4.78 is 57.8. The minimum atomic E-state index is -3.24. The maximum Gasteiger partial charge on any atom is 0.387 e. The van der Waals surface area contributed by atoms with E-state index in [2.05, 4.69) is 14.8 Å². The smallest absolute Gasteiger partial charge is 0.387 e. The fourth-order valence-electron chi connectivity index (χ4n) is 2.50. The van der Waals surface area contributed by atoms with Crippen LogP contribution in [0.15, 0.2) is 18.2 Å². The first-order valence-electron chi connectivity index (χ1n) is 7.58. The third-order valence-electron chi connectivity index (χ3n) is 3.77. The number of carbonyl (C=O) groups excluding carboxylic acids is 1. The summed E-state index contributed by atoms with van der Waals surface area (Å²) in [4.78, 5) is 24.5. The van der Waals surface area contributed by atoms with Crippen LogP contribution in [-0.2, 0) is 4.79 Å². The summed E-state index contributed by atoms with van der Waals surface area (Å²) in [7, 11) is 0. The number of ether oxygens (including phenoxy) is 2. The highest BCUT2D eigenvalue weighted by molar-refractivity contribution is 5.91. The summed E-state index contributed by atoms with van der Waals surface area (Å²) in [6, 6.07) is 2.33. The van der Waals surface area contributed by atoms with Gasteiger partial charge in [0, 0.05) is 19.2 Å². The van der Waals surface area contributed by atoms with Gasteiger partial charge in [-0.3, -0.25) is 4.79 Å². The predicted octanol–water partition coefficient (Wildman–Crippen LogP) is 3.22. The lowest BCUT2D eigenvalue weighted by molar-refractivity contribution is -0.143. The van der Waals surface area contributed by atoms with Crippen LogP contribution in [0.1, 0.15) is 12.8 Å². The van der Waals surface area contributed by atoms with Crippen molar-refractivity contribution in [3.8, 4) is 11.5 Å². The van der Waals surface area contributed by atoms with Gasteiger partial charge in [-0.05, 0) is 25.0 Å². The first-order valence-corrected chi connectivity index (χ1v) is 7.58. The van der Waals surface area contributed by atoms with Crippen molar-refractivity contribution in [1.82, 2.24) is 4.90 Å². The van der Waals surface area contributed by atoms with Crippen molar-refractivity contribution in [3.05, 3.63) is 18.2 Å². The number of aliphatic carboxylic acids is 1. The van der Waals surface area contributed by atoms with Gasteiger partial charge in [0.05, 0.1) is 11.6 Å². The zero-order valence-electron chi connectivity index (χ0n) is 13.3. The number of amides is 2. The van der Waals surface area contributed by atoms with Crippen LogP contribution in [0.5, 0.6) is 11.5 Å². The molecular formula is C15H16F4N2O5. The van der Waals surface area contributed by atoms with Gasteiger partial charge in [-0.1, -0.05) is 0 Å². The average molecular weight is 380 g/mol. The van der Waals surface area contributed by atoms with Crippen LogP contribution < -0.4 is 14.8 Å². The van der Waals surface area contributed by atoms with E-state index >= 15 is 0 Å². The number of nitrogens with zero attached hydrogens (tertiary/aromatic N) is 1. The Hall–Kier alpha value is -2.72. The standard InChI is InChI=1S/C15H16F4N2O5/c16-13(17)25-9-1-2-10(11(7-9)26-14(18)19)20-15(24)21-5-3-8(4-6-21)12(22)23/h1-2,7-8,13-14H,3-6H2,(H,20,24)(H,22,23). The third kappa shape index (κ3) is 5.39. The summed E-state index contributed by atoms with van der Waals surface area (Å²) >= 11 is 0. The number of likely N-dealkylation sites (tertiary alicyclic amines) is 1. The highest BCUT2D eigenvalue weighted by Gasteiger charge is 2.27. The molecule has 1 aromatic carbocycles. The number of carboxylic acids is 1. The zero-order valence-corrected chi connectivity index (χ0v) is 13.3. The van der Waals surface area contributed by atoms with Gasteiger partial charge in [0.2, 0.25) is 0 Å². The van der Waals surface area contributed by atoms with Crippen LogP contribution in [0.3, 0.4) is 0 Å². The van der Waals surface area contributed by atoms with Crippen molar-refractivity contribution >= 4 is 17.7 Å². The molecule has 0 aromatic heterocycles. The number of halogens is 4. The topological polar surface area (TPSA) is 88.1 Å². The Balaban J connectivity index is 2.07. The van der Waals surface area contributed by atoms with E-state index < -0.39 is 42.6 Å². The van der Waals surface area contributed by atoms with Crippen molar-refractivity contribution in [1.29, 1.82) is 0 Å². The van der Waals surface area contributed by atoms with E-state index in [1.54, 1.807) is 0 Å². The van der Waals surface area contributed by atoms with E-state index in [9.17, 15) is 27.2 Å². The van der Waals surface area contributed by atoms with E-state index in [0.717, 1.165) is 18.2 Å². The Bertz CT molecular complexity index is 651. The average Bonchev–Trinajstić information content (AvgIpc) is 2.56. The van der Waals surface area contributed by atoms with Crippen LogP contribution >= 0.6 is 0 Å². The zero-order chi connectivity index (χ0) is 19.3. The normalized spacial score (nSPS) is 15.2. The molecule has 0 aliphatic carbocycles. The molecule has 0 unspecified atom stereocenters. The molecule has 1 saturated heterocycles. The number of alkyl halides is 4. The van der Waals surface area contributed by atoms with Crippen LogP contribution in [0.25, 0.3) is 0 Å². The number of hydrogen-bond acceptors (Lipinski definition) is 4. The molecule has 1 aliphatic rings. The largest absolute Gasteiger partial charge is 0.481 e. The van der Waals surface area contributed by atoms with Gasteiger partial charge >= 0.3 is 25.2 Å². The van der Waals surface area contributed by atoms with Gasteiger partial charge in [0.25, 0.3) is 0 Å². The fraction of sp³-hybridized carbons (Fsp3) is 0.467. The molecule has 2 rings (SSSR count). The minimum absolute atomic E-state index is 0.155. The Morgan fingerprint density at radius 3 is 2.27 bits per heavy atom. The second kappa shape index (κ2) is 8.59. The molecule has 1 fully saturated rings. The maximum atomic E-state index is 12.5. The van der Waals surface area contributed by atoms with Gasteiger partial charge in [-0.25, -0.2) is 4.79 Å². The van der Waals surface area contributed by atoms with Gasteiger partial charge < -0.3 is 24.8 Å². The highest BCUT2D eigenvalue weighted by atomic mass is 19.3. The number of piperidine rings is 1. The molecule has 7 nitrogen and oxygen atoms in total. The molecule has 1 heterocycles. The Morgan fingerprint density at radius 2 is 1.73 bits per heavy atom. The minimum Gasteiger partial charge on any atom is -0.481 e. The van der Waals surface area contributed by atoms with Crippen molar-refractivity contribution in [2.24, 2.45) is 5.92 Å². The molecule has 0 atom stereocenters. The monoisotopic (exact) mass is 380 g/mol. The molecule has 1 aliphatic heterocycles. The number of carbonyl (C=O) groups is 2. The quantitative estimate of drug-likeness (QED) is 0.740. The van der Waals surface area contributed by atoms with E-state index in [1.165, 1.54) is 4.90 Å². The number of nitrogens with one attached hydrogen (secondary N) is 1. The van der Waals surface area contributed by atoms with E-state index in [4.69, 9.17) is 5.11 Å². The second-order valence-electron chi connectivity index (χ2n) is 5.44. The second-order valence-corrected chi connectivity index (χ2v) is 5.44. The molecule has 0 bridgehead atoms. The Morgan fingerprint density at radius 1 is 1.12 bits per heavy atom. The SMILES string of the molecule is O=C(O)C1CCN(C(=O)Nc2ccc(OC(F)F)cc2OC(F)F)CC1. The number of carboxylic acid groups (broad SMARTS) is 1. The lowest BCUT2D eigenvalue weighted by Crippen LogP contribution is -2.42. The summed E-state index contributed by atoms with van der Waals surface area (Å²) in [6.07, 6.45) is 0.536. The molecule has 0 saturated carbocycles. The van der Waals surface area contributed by atoms with Gasteiger partial charge in [0.15, 0.2) is 5.75 Å². The summed E-state index contributed by atoms with van der Waals surface area (Å²) in [6.45, 7) is -6.02. The summed E-state index contributed by atoms with van der Waals surface area (Å²) in [5.74, 6) is -2.42. The van der Waals surface area contributed by atoms with Crippen molar-refractivity contribution in [2.45, 2.75) is 26.1 Å². The molecule has 0 spiro atoms. The number of benzene rings is 1. The molecule has 144 valence electrons. The molecule has 11 heteroatoms. The first kappa shape index (κ1) is 19.6. The number of anilines is 1. The molecule has 2 amide bonds. The van der Waals surface area contributed by atoms with E-state index in [-0.39, 0.29) is 31.6 Å².